The number of aliphatic carboxylic acids is 1. The monoisotopic (exact) mass is 343 g/mol. The molecule has 1 aliphatic rings. The third-order valence-electron chi connectivity index (χ3n) is 4.26. The van der Waals surface area contributed by atoms with Crippen LogP contribution in [0.25, 0.3) is 0 Å². The summed E-state index contributed by atoms with van der Waals surface area (Å²) in [6.07, 6.45) is 2.43. The van der Waals surface area contributed by atoms with Gasteiger partial charge in [0.1, 0.15) is 5.82 Å². The van der Waals surface area contributed by atoms with Crippen molar-refractivity contribution in [2.24, 2.45) is 5.92 Å². The van der Waals surface area contributed by atoms with E-state index in [1.807, 2.05) is 0 Å². The molecule has 2 aromatic rings. The molecular formula is C18H18FN3O3. The summed E-state index contributed by atoms with van der Waals surface area (Å²) in [5.74, 6) is -1.64. The van der Waals surface area contributed by atoms with Crippen molar-refractivity contribution < 1.29 is 19.1 Å². The first kappa shape index (κ1) is 16.9. The van der Waals surface area contributed by atoms with Crippen LogP contribution in [0.15, 0.2) is 48.7 Å². The number of benzene rings is 1. The number of carbonyl (C=O) groups is 2. The van der Waals surface area contributed by atoms with Crippen LogP contribution in [0.4, 0.5) is 9.18 Å². The zero-order valence-corrected chi connectivity index (χ0v) is 13.4. The minimum Gasteiger partial charge on any atom is -0.481 e. The predicted molar refractivity (Wildman–Crippen MR) is 88.3 cm³/mol. The van der Waals surface area contributed by atoms with E-state index in [0.29, 0.717) is 24.1 Å². The fourth-order valence-corrected chi connectivity index (χ4v) is 2.86. The second-order valence-electron chi connectivity index (χ2n) is 6.06. The van der Waals surface area contributed by atoms with Crippen LogP contribution in [-0.4, -0.2) is 28.1 Å². The number of urea groups is 1. The van der Waals surface area contributed by atoms with Crippen LogP contribution >= 0.6 is 0 Å². The standard InChI is InChI=1S/C18H18FN3O3/c19-13-5-3-4-11(8-13)16(15-6-1-2-7-20-15)22-18(25)21-14-9-12(10-14)17(23)24/h1-8,12,14,16H,9-10H2,(H,23,24)(H2,21,22,25). The summed E-state index contributed by atoms with van der Waals surface area (Å²) in [5, 5.41) is 14.4. The maximum atomic E-state index is 13.6. The number of amides is 2. The highest BCUT2D eigenvalue weighted by Gasteiger charge is 2.35. The molecule has 3 rings (SSSR count). The summed E-state index contributed by atoms with van der Waals surface area (Å²) in [6, 6.07) is 10.1. The van der Waals surface area contributed by atoms with Gasteiger partial charge in [0.25, 0.3) is 0 Å². The van der Waals surface area contributed by atoms with Crippen LogP contribution < -0.4 is 10.6 Å². The summed E-state index contributed by atoms with van der Waals surface area (Å²) >= 11 is 0. The van der Waals surface area contributed by atoms with Gasteiger partial charge in [-0.15, -0.1) is 0 Å². The fraction of sp³-hybridized carbons (Fsp3) is 0.278. The third kappa shape index (κ3) is 4.12. The molecule has 1 saturated carbocycles. The molecule has 7 heteroatoms. The Balaban J connectivity index is 1.70. The van der Waals surface area contributed by atoms with Crippen molar-refractivity contribution in [3.8, 4) is 0 Å². The van der Waals surface area contributed by atoms with E-state index in [9.17, 15) is 14.0 Å². The number of hydrogen-bond acceptors (Lipinski definition) is 3. The molecule has 3 N–H and O–H groups in total. The quantitative estimate of drug-likeness (QED) is 0.778. The Morgan fingerprint density at radius 2 is 2.00 bits per heavy atom. The zero-order chi connectivity index (χ0) is 17.8. The number of pyridine rings is 1. The number of halogens is 1. The molecule has 2 amide bonds. The molecule has 1 heterocycles. The van der Waals surface area contributed by atoms with Gasteiger partial charge in [-0.3, -0.25) is 9.78 Å². The lowest BCUT2D eigenvalue weighted by Gasteiger charge is -2.33. The van der Waals surface area contributed by atoms with Crippen LogP contribution in [0.1, 0.15) is 30.1 Å². The molecule has 1 aliphatic carbocycles. The van der Waals surface area contributed by atoms with Gasteiger partial charge in [-0.25, -0.2) is 9.18 Å². The fourth-order valence-electron chi connectivity index (χ4n) is 2.86. The minimum atomic E-state index is -0.843. The van der Waals surface area contributed by atoms with Gasteiger partial charge >= 0.3 is 12.0 Å². The summed E-state index contributed by atoms with van der Waals surface area (Å²) < 4.78 is 13.6. The molecular weight excluding hydrogens is 325 g/mol. The molecule has 1 fully saturated rings. The van der Waals surface area contributed by atoms with E-state index < -0.39 is 29.8 Å². The molecule has 25 heavy (non-hydrogen) atoms. The van der Waals surface area contributed by atoms with Gasteiger partial charge in [-0.1, -0.05) is 18.2 Å². The number of nitrogens with zero attached hydrogens (tertiary/aromatic N) is 1. The van der Waals surface area contributed by atoms with Crippen molar-refractivity contribution in [1.82, 2.24) is 15.6 Å². The average Bonchev–Trinajstić information content (AvgIpc) is 2.56. The van der Waals surface area contributed by atoms with Crippen molar-refractivity contribution in [2.45, 2.75) is 24.9 Å². The van der Waals surface area contributed by atoms with Crippen LogP contribution in [0.5, 0.6) is 0 Å². The molecule has 1 aromatic heterocycles. The minimum absolute atomic E-state index is 0.169. The molecule has 6 nitrogen and oxygen atoms in total. The van der Waals surface area contributed by atoms with Gasteiger partial charge < -0.3 is 15.7 Å². The van der Waals surface area contributed by atoms with Gasteiger partial charge in [-0.2, -0.15) is 0 Å². The normalized spacial score (nSPS) is 20.2. The second-order valence-corrected chi connectivity index (χ2v) is 6.06. The molecule has 0 bridgehead atoms. The van der Waals surface area contributed by atoms with Gasteiger partial charge in [0.05, 0.1) is 17.7 Å². The maximum absolute atomic E-state index is 13.6. The summed E-state index contributed by atoms with van der Waals surface area (Å²) in [6.45, 7) is 0. The van der Waals surface area contributed by atoms with Gasteiger partial charge in [0.15, 0.2) is 0 Å². The summed E-state index contributed by atoms with van der Waals surface area (Å²) in [4.78, 5) is 27.3. The van der Waals surface area contributed by atoms with E-state index in [0.717, 1.165) is 0 Å². The van der Waals surface area contributed by atoms with E-state index in [4.69, 9.17) is 5.11 Å². The first-order valence-electron chi connectivity index (χ1n) is 7.99. The Hall–Kier alpha value is -2.96. The molecule has 130 valence electrons. The number of carboxylic acid groups (broad SMARTS) is 1. The van der Waals surface area contributed by atoms with Gasteiger partial charge in [0, 0.05) is 12.2 Å². The average molecular weight is 343 g/mol. The molecule has 0 aliphatic heterocycles. The molecule has 0 radical (unpaired) electrons. The Kier molecular flexibility index (Phi) is 4.92. The molecule has 0 saturated heterocycles. The first-order valence-corrected chi connectivity index (χ1v) is 7.99. The van der Waals surface area contributed by atoms with Crippen molar-refractivity contribution in [3.05, 3.63) is 65.7 Å². The van der Waals surface area contributed by atoms with E-state index in [1.165, 1.54) is 12.1 Å². The predicted octanol–water partition coefficient (Wildman–Crippen LogP) is 2.47. The highest BCUT2D eigenvalue weighted by atomic mass is 19.1. The number of nitrogens with one attached hydrogen (secondary N) is 2. The largest absolute Gasteiger partial charge is 0.481 e. The Labute approximate surface area is 144 Å². The Bertz CT molecular complexity index is 763. The smallest absolute Gasteiger partial charge is 0.315 e. The van der Waals surface area contributed by atoms with Crippen molar-refractivity contribution in [1.29, 1.82) is 0 Å². The second kappa shape index (κ2) is 7.29. The van der Waals surface area contributed by atoms with E-state index in [2.05, 4.69) is 15.6 Å². The highest BCUT2D eigenvalue weighted by Crippen LogP contribution is 2.27. The Morgan fingerprint density at radius 1 is 1.20 bits per heavy atom. The maximum Gasteiger partial charge on any atom is 0.315 e. The number of hydrogen-bond donors (Lipinski definition) is 3. The van der Waals surface area contributed by atoms with Gasteiger partial charge in [-0.05, 0) is 42.7 Å². The SMILES string of the molecule is O=C(NC1CC(C(=O)O)C1)NC(c1cccc(F)c1)c1ccccn1. The van der Waals surface area contributed by atoms with Crippen LogP contribution in [0, 0.1) is 11.7 Å². The van der Waals surface area contributed by atoms with E-state index in [1.54, 1.807) is 36.5 Å². The third-order valence-corrected chi connectivity index (χ3v) is 4.26. The highest BCUT2D eigenvalue weighted by molar-refractivity contribution is 5.76. The van der Waals surface area contributed by atoms with Crippen molar-refractivity contribution in [3.63, 3.8) is 0 Å². The molecule has 1 atom stereocenters. The lowest BCUT2D eigenvalue weighted by molar-refractivity contribution is -0.145. The number of aromatic nitrogens is 1. The lowest BCUT2D eigenvalue weighted by Crippen LogP contribution is -2.50. The van der Waals surface area contributed by atoms with Crippen molar-refractivity contribution >= 4 is 12.0 Å². The van der Waals surface area contributed by atoms with E-state index >= 15 is 0 Å². The molecule has 1 unspecified atom stereocenters. The van der Waals surface area contributed by atoms with Crippen LogP contribution in [0.2, 0.25) is 0 Å². The zero-order valence-electron chi connectivity index (χ0n) is 13.4. The molecule has 0 spiro atoms. The van der Waals surface area contributed by atoms with Crippen LogP contribution in [0.3, 0.4) is 0 Å². The first-order chi connectivity index (χ1) is 12.0. The summed E-state index contributed by atoms with van der Waals surface area (Å²) in [5.41, 5.74) is 1.16. The van der Waals surface area contributed by atoms with Gasteiger partial charge in [0.2, 0.25) is 0 Å². The van der Waals surface area contributed by atoms with E-state index in [-0.39, 0.29) is 6.04 Å². The number of rotatable bonds is 5. The number of carboxylic acids is 1. The lowest BCUT2D eigenvalue weighted by atomic mass is 9.80. The topological polar surface area (TPSA) is 91.3 Å². The molecule has 1 aromatic carbocycles. The summed E-state index contributed by atoms with van der Waals surface area (Å²) in [7, 11) is 0. The van der Waals surface area contributed by atoms with Crippen LogP contribution in [-0.2, 0) is 4.79 Å². The Morgan fingerprint density at radius 3 is 2.64 bits per heavy atom. The van der Waals surface area contributed by atoms with Crippen molar-refractivity contribution in [2.75, 3.05) is 0 Å². The number of carbonyl (C=O) groups excluding carboxylic acids is 1.